The van der Waals surface area contributed by atoms with E-state index in [1.165, 1.54) is 4.90 Å². The third-order valence-electron chi connectivity index (χ3n) is 5.45. The van der Waals surface area contributed by atoms with Gasteiger partial charge in [-0.1, -0.05) is 20.3 Å². The van der Waals surface area contributed by atoms with Gasteiger partial charge in [0.05, 0.1) is 6.04 Å². The summed E-state index contributed by atoms with van der Waals surface area (Å²) < 4.78 is 0. The van der Waals surface area contributed by atoms with Crippen molar-refractivity contribution >= 4 is 42.2 Å². The van der Waals surface area contributed by atoms with Gasteiger partial charge in [0.25, 0.3) is 0 Å². The molecule has 1 aliphatic heterocycles. The van der Waals surface area contributed by atoms with Crippen molar-refractivity contribution in [2.24, 2.45) is 17.4 Å². The van der Waals surface area contributed by atoms with Crippen molar-refractivity contribution in [3.8, 4) is 0 Å². The molecule has 1 aliphatic rings. The summed E-state index contributed by atoms with van der Waals surface area (Å²) in [5.74, 6) is -3.70. The highest BCUT2D eigenvalue weighted by Gasteiger charge is 2.40. The Morgan fingerprint density at radius 3 is 2.39 bits per heavy atom. The first-order valence-corrected chi connectivity index (χ1v) is 10.9. The number of primary amides is 1. The standard InChI is InChI=1S/C19H33N5O6S/c1-3-10(2)15(23-16(26)11(20)6-7-14(21)25)18(28)24-8-4-5-13(24)17(27)22-12(9-31)19(29)30/h10-13,15,31H,3-9,20H2,1-2H3,(H2,21,25)(H,22,27)(H,23,26)(H,29,30). The topological polar surface area (TPSA) is 185 Å². The van der Waals surface area contributed by atoms with Crippen LogP contribution in [0.25, 0.3) is 0 Å². The van der Waals surface area contributed by atoms with Crippen LogP contribution >= 0.6 is 12.6 Å². The molecule has 0 aromatic carbocycles. The molecule has 1 saturated heterocycles. The van der Waals surface area contributed by atoms with E-state index in [0.29, 0.717) is 25.8 Å². The molecule has 11 nitrogen and oxygen atoms in total. The molecule has 7 N–H and O–H groups in total. The molecule has 5 atom stereocenters. The van der Waals surface area contributed by atoms with Crippen LogP contribution in [0.5, 0.6) is 0 Å². The average molecular weight is 460 g/mol. The van der Waals surface area contributed by atoms with Crippen molar-refractivity contribution < 1.29 is 29.1 Å². The van der Waals surface area contributed by atoms with Crippen LogP contribution in [0.15, 0.2) is 0 Å². The van der Waals surface area contributed by atoms with Gasteiger partial charge in [-0.2, -0.15) is 12.6 Å². The Morgan fingerprint density at radius 2 is 1.87 bits per heavy atom. The van der Waals surface area contributed by atoms with Crippen molar-refractivity contribution in [2.75, 3.05) is 12.3 Å². The molecule has 1 rings (SSSR count). The number of aliphatic carboxylic acids is 1. The van der Waals surface area contributed by atoms with E-state index in [1.807, 2.05) is 6.92 Å². The second-order valence-corrected chi connectivity index (χ2v) is 8.12. The number of hydrogen-bond acceptors (Lipinski definition) is 7. The first-order chi connectivity index (χ1) is 14.5. The van der Waals surface area contributed by atoms with Crippen LogP contribution in [-0.2, 0) is 24.0 Å². The molecule has 0 saturated carbocycles. The fourth-order valence-corrected chi connectivity index (χ4v) is 3.55. The zero-order valence-electron chi connectivity index (χ0n) is 17.9. The van der Waals surface area contributed by atoms with Crippen molar-refractivity contribution in [2.45, 2.75) is 70.1 Å². The molecule has 31 heavy (non-hydrogen) atoms. The van der Waals surface area contributed by atoms with E-state index in [0.717, 1.165) is 0 Å². The summed E-state index contributed by atoms with van der Waals surface area (Å²) in [5, 5.41) is 14.2. The lowest BCUT2D eigenvalue weighted by Crippen LogP contribution is -2.58. The quantitative estimate of drug-likeness (QED) is 0.194. The number of nitrogens with one attached hydrogen (secondary N) is 2. The van der Waals surface area contributed by atoms with Gasteiger partial charge in [0.15, 0.2) is 0 Å². The second-order valence-electron chi connectivity index (χ2n) is 7.75. The molecule has 0 spiro atoms. The molecular weight excluding hydrogens is 426 g/mol. The monoisotopic (exact) mass is 459 g/mol. The van der Waals surface area contributed by atoms with Gasteiger partial charge in [0.1, 0.15) is 18.1 Å². The number of likely N-dealkylation sites (tertiary alicyclic amines) is 1. The Bertz CT molecular complexity index is 691. The number of amides is 4. The van der Waals surface area contributed by atoms with Gasteiger partial charge in [-0.15, -0.1) is 0 Å². The maximum absolute atomic E-state index is 13.3. The zero-order valence-corrected chi connectivity index (χ0v) is 18.8. The highest BCUT2D eigenvalue weighted by atomic mass is 32.1. The molecule has 0 aromatic heterocycles. The van der Waals surface area contributed by atoms with Gasteiger partial charge in [-0.05, 0) is 25.2 Å². The van der Waals surface area contributed by atoms with Crippen LogP contribution in [0.1, 0.15) is 46.0 Å². The highest BCUT2D eigenvalue weighted by Crippen LogP contribution is 2.22. The Labute approximate surface area is 187 Å². The molecule has 176 valence electrons. The maximum Gasteiger partial charge on any atom is 0.327 e. The number of thiol groups is 1. The van der Waals surface area contributed by atoms with Crippen LogP contribution < -0.4 is 22.1 Å². The fraction of sp³-hybridized carbons (Fsp3) is 0.737. The molecule has 0 aromatic rings. The summed E-state index contributed by atoms with van der Waals surface area (Å²) in [5.41, 5.74) is 10.9. The third kappa shape index (κ3) is 7.69. The fourth-order valence-electron chi connectivity index (χ4n) is 3.31. The minimum atomic E-state index is -1.21. The summed E-state index contributed by atoms with van der Waals surface area (Å²) in [6.07, 6.45) is 1.54. The maximum atomic E-state index is 13.3. The normalized spacial score (nSPS) is 19.7. The predicted octanol–water partition coefficient (Wildman–Crippen LogP) is -1.40. The first-order valence-electron chi connectivity index (χ1n) is 10.3. The van der Waals surface area contributed by atoms with Gasteiger partial charge in [-0.3, -0.25) is 19.2 Å². The number of carboxylic acids is 1. The van der Waals surface area contributed by atoms with Crippen LogP contribution in [0.3, 0.4) is 0 Å². The molecule has 4 amide bonds. The zero-order chi connectivity index (χ0) is 23.7. The lowest BCUT2D eigenvalue weighted by molar-refractivity contribution is -0.145. The van der Waals surface area contributed by atoms with E-state index in [1.54, 1.807) is 6.92 Å². The third-order valence-corrected chi connectivity index (χ3v) is 5.82. The number of carbonyl (C=O) groups is 5. The van der Waals surface area contributed by atoms with Gasteiger partial charge >= 0.3 is 5.97 Å². The number of nitrogens with zero attached hydrogens (tertiary/aromatic N) is 1. The van der Waals surface area contributed by atoms with E-state index in [4.69, 9.17) is 16.6 Å². The van der Waals surface area contributed by atoms with E-state index < -0.39 is 53.8 Å². The van der Waals surface area contributed by atoms with Gasteiger partial charge in [0.2, 0.25) is 23.6 Å². The van der Waals surface area contributed by atoms with E-state index in [-0.39, 0.29) is 24.5 Å². The minimum Gasteiger partial charge on any atom is -0.480 e. The van der Waals surface area contributed by atoms with Gasteiger partial charge in [0, 0.05) is 18.7 Å². The van der Waals surface area contributed by atoms with Crippen LogP contribution in [0.2, 0.25) is 0 Å². The first kappa shape index (κ1) is 26.7. The summed E-state index contributed by atoms with van der Waals surface area (Å²) in [6.45, 7) is 3.97. The number of rotatable bonds is 12. The predicted molar refractivity (Wildman–Crippen MR) is 116 cm³/mol. The lowest BCUT2D eigenvalue weighted by atomic mass is 9.96. The van der Waals surface area contributed by atoms with Crippen LogP contribution in [0, 0.1) is 5.92 Å². The average Bonchev–Trinajstić information content (AvgIpc) is 3.22. The summed E-state index contributed by atoms with van der Waals surface area (Å²) >= 11 is 3.93. The van der Waals surface area contributed by atoms with Crippen LogP contribution in [0.4, 0.5) is 0 Å². The molecule has 0 bridgehead atoms. The highest BCUT2D eigenvalue weighted by molar-refractivity contribution is 7.80. The molecule has 12 heteroatoms. The summed E-state index contributed by atoms with van der Waals surface area (Å²) in [4.78, 5) is 61.8. The van der Waals surface area contributed by atoms with E-state index in [2.05, 4.69) is 23.3 Å². The molecule has 1 fully saturated rings. The smallest absolute Gasteiger partial charge is 0.327 e. The van der Waals surface area contributed by atoms with Crippen molar-refractivity contribution in [3.63, 3.8) is 0 Å². The molecular formula is C19H33N5O6S. The minimum absolute atomic E-state index is 0.0532. The van der Waals surface area contributed by atoms with Gasteiger partial charge in [-0.25, -0.2) is 4.79 Å². The van der Waals surface area contributed by atoms with Crippen LogP contribution in [-0.4, -0.2) is 76.1 Å². The summed E-state index contributed by atoms with van der Waals surface area (Å²) in [6, 6.07) is -3.91. The molecule has 0 radical (unpaired) electrons. The van der Waals surface area contributed by atoms with Gasteiger partial charge < -0.3 is 32.1 Å². The Balaban J connectivity index is 2.93. The lowest BCUT2D eigenvalue weighted by Gasteiger charge is -2.32. The Hall–Kier alpha value is -2.34. The second kappa shape index (κ2) is 12.5. The van der Waals surface area contributed by atoms with Crippen molar-refractivity contribution in [1.82, 2.24) is 15.5 Å². The molecule has 0 aliphatic carbocycles. The number of hydrogen-bond donors (Lipinski definition) is 6. The molecule has 5 unspecified atom stereocenters. The number of carboxylic acid groups (broad SMARTS) is 1. The Kier molecular flexibility index (Phi) is 10.8. The SMILES string of the molecule is CCC(C)C(NC(=O)C(N)CCC(N)=O)C(=O)N1CCCC1C(=O)NC(CS)C(=O)O. The summed E-state index contributed by atoms with van der Waals surface area (Å²) in [7, 11) is 0. The number of carbonyl (C=O) groups excluding carboxylic acids is 4. The van der Waals surface area contributed by atoms with E-state index >= 15 is 0 Å². The van der Waals surface area contributed by atoms with Crippen molar-refractivity contribution in [3.05, 3.63) is 0 Å². The Morgan fingerprint density at radius 1 is 1.23 bits per heavy atom. The van der Waals surface area contributed by atoms with E-state index in [9.17, 15) is 24.0 Å². The largest absolute Gasteiger partial charge is 0.480 e. The molecule has 1 heterocycles. The number of nitrogens with two attached hydrogens (primary N) is 2. The van der Waals surface area contributed by atoms with Crippen molar-refractivity contribution in [1.29, 1.82) is 0 Å².